The van der Waals surface area contributed by atoms with Crippen molar-refractivity contribution in [1.82, 2.24) is 4.90 Å². The van der Waals surface area contributed by atoms with Gasteiger partial charge in [-0.05, 0) is 18.4 Å². The van der Waals surface area contributed by atoms with Gasteiger partial charge in [-0.3, -0.25) is 19.3 Å². The Bertz CT molecular complexity index is 494. The van der Waals surface area contributed by atoms with E-state index in [-0.39, 0.29) is 18.4 Å². The van der Waals surface area contributed by atoms with E-state index in [9.17, 15) is 19.5 Å². The topological polar surface area (TPSA) is 74.7 Å². The Kier molecular flexibility index (Phi) is 4.50. The zero-order chi connectivity index (χ0) is 14.5. The molecule has 1 unspecified atom stereocenters. The second kappa shape index (κ2) is 6.32. The fraction of sp³-hybridized carbons (Fsp3) is 0.400. The van der Waals surface area contributed by atoms with Crippen molar-refractivity contribution in [2.24, 2.45) is 0 Å². The highest BCUT2D eigenvalue weighted by Gasteiger charge is 2.30. The van der Waals surface area contributed by atoms with Crippen LogP contribution in [0.1, 0.15) is 37.2 Å². The summed E-state index contributed by atoms with van der Waals surface area (Å²) in [5.74, 6) is -2.44. The average Bonchev–Trinajstić information content (AvgIpc) is 2.59. The van der Waals surface area contributed by atoms with Crippen LogP contribution in [0.3, 0.4) is 0 Å². The molecule has 1 fully saturated rings. The smallest absolute Gasteiger partial charge is 0.312 e. The molecule has 1 saturated heterocycles. The van der Waals surface area contributed by atoms with Gasteiger partial charge in [0, 0.05) is 19.4 Å². The largest absolute Gasteiger partial charge is 0.481 e. The summed E-state index contributed by atoms with van der Waals surface area (Å²) in [5, 5.41) is 9.35. The van der Waals surface area contributed by atoms with Crippen LogP contribution >= 0.6 is 0 Å². The normalized spacial score (nSPS) is 17.7. The maximum Gasteiger partial charge on any atom is 0.312 e. The van der Waals surface area contributed by atoms with Crippen molar-refractivity contribution in [2.75, 3.05) is 6.54 Å². The molecular weight excluding hydrogens is 258 g/mol. The lowest BCUT2D eigenvalue weighted by Crippen LogP contribution is -2.40. The van der Waals surface area contributed by atoms with E-state index in [0.717, 1.165) is 4.90 Å². The van der Waals surface area contributed by atoms with Crippen LogP contribution in [0.5, 0.6) is 0 Å². The van der Waals surface area contributed by atoms with Crippen molar-refractivity contribution < 1.29 is 19.5 Å². The number of aliphatic carboxylic acids is 1. The lowest BCUT2D eigenvalue weighted by molar-refractivity contribution is -0.146. The molecule has 2 rings (SSSR count). The Labute approximate surface area is 117 Å². The van der Waals surface area contributed by atoms with E-state index in [1.54, 1.807) is 30.3 Å². The number of hydrogen-bond donors (Lipinski definition) is 1. The van der Waals surface area contributed by atoms with Gasteiger partial charge < -0.3 is 5.11 Å². The number of carbonyl (C=O) groups excluding carboxylic acids is 2. The molecule has 1 aliphatic heterocycles. The number of likely N-dealkylation sites (tertiary alicyclic amines) is 1. The molecule has 1 atom stereocenters. The van der Waals surface area contributed by atoms with Crippen molar-refractivity contribution in [3.8, 4) is 0 Å². The number of carboxylic acids is 1. The minimum absolute atomic E-state index is 0.0863. The summed E-state index contributed by atoms with van der Waals surface area (Å²) in [5.41, 5.74) is 0.602. The molecular formula is C15H17NO4. The highest BCUT2D eigenvalue weighted by Crippen LogP contribution is 2.21. The van der Waals surface area contributed by atoms with Gasteiger partial charge >= 0.3 is 5.97 Å². The number of nitrogens with zero attached hydrogens (tertiary/aromatic N) is 1. The fourth-order valence-electron chi connectivity index (χ4n) is 2.36. The summed E-state index contributed by atoms with van der Waals surface area (Å²) >= 11 is 0. The summed E-state index contributed by atoms with van der Waals surface area (Å²) in [6.45, 7) is -0.0863. The third kappa shape index (κ3) is 3.23. The number of rotatable bonds is 4. The second-order valence-electron chi connectivity index (χ2n) is 4.91. The van der Waals surface area contributed by atoms with Crippen molar-refractivity contribution in [3.05, 3.63) is 35.9 Å². The number of carbonyl (C=O) groups is 3. The number of hydrogen-bond acceptors (Lipinski definition) is 3. The number of carboxylic acid groups (broad SMARTS) is 1. The first-order valence-electron chi connectivity index (χ1n) is 6.70. The zero-order valence-corrected chi connectivity index (χ0v) is 11.1. The van der Waals surface area contributed by atoms with E-state index in [0.29, 0.717) is 31.2 Å². The quantitative estimate of drug-likeness (QED) is 0.850. The van der Waals surface area contributed by atoms with Crippen LogP contribution in [0.15, 0.2) is 30.3 Å². The van der Waals surface area contributed by atoms with Gasteiger partial charge in [0.25, 0.3) is 0 Å². The molecule has 1 N–H and O–H groups in total. The van der Waals surface area contributed by atoms with E-state index >= 15 is 0 Å². The molecule has 1 heterocycles. The van der Waals surface area contributed by atoms with Crippen LogP contribution in [0.2, 0.25) is 0 Å². The Balaban J connectivity index is 2.21. The molecule has 1 aromatic rings. The van der Waals surface area contributed by atoms with E-state index < -0.39 is 11.9 Å². The average molecular weight is 275 g/mol. The first-order valence-corrected chi connectivity index (χ1v) is 6.70. The molecule has 2 amide bonds. The van der Waals surface area contributed by atoms with Crippen LogP contribution in [0.4, 0.5) is 0 Å². The van der Waals surface area contributed by atoms with Crippen molar-refractivity contribution in [2.45, 2.75) is 31.6 Å². The molecule has 0 spiro atoms. The first-order chi connectivity index (χ1) is 9.59. The van der Waals surface area contributed by atoms with Gasteiger partial charge in [-0.25, -0.2) is 0 Å². The summed E-state index contributed by atoms with van der Waals surface area (Å²) in [7, 11) is 0. The highest BCUT2D eigenvalue weighted by molar-refractivity contribution is 5.96. The number of benzene rings is 1. The minimum atomic E-state index is -1.03. The molecule has 0 aliphatic carbocycles. The third-order valence-electron chi connectivity index (χ3n) is 3.50. The molecule has 5 heteroatoms. The molecule has 0 aromatic heterocycles. The molecule has 0 saturated carbocycles. The predicted octanol–water partition coefficient (Wildman–Crippen LogP) is 1.78. The zero-order valence-electron chi connectivity index (χ0n) is 11.1. The van der Waals surface area contributed by atoms with Crippen LogP contribution in [-0.4, -0.2) is 34.3 Å². The van der Waals surface area contributed by atoms with Crippen LogP contribution in [0, 0.1) is 0 Å². The van der Waals surface area contributed by atoms with E-state index in [1.165, 1.54) is 0 Å². The van der Waals surface area contributed by atoms with Gasteiger partial charge in [-0.15, -0.1) is 0 Å². The summed E-state index contributed by atoms with van der Waals surface area (Å²) in [6.07, 6.45) is 1.99. The van der Waals surface area contributed by atoms with Gasteiger partial charge in [-0.1, -0.05) is 30.3 Å². The molecule has 0 radical (unpaired) electrons. The van der Waals surface area contributed by atoms with Gasteiger partial charge in [0.2, 0.25) is 11.8 Å². The minimum Gasteiger partial charge on any atom is -0.481 e. The Morgan fingerprint density at radius 3 is 2.15 bits per heavy atom. The summed E-state index contributed by atoms with van der Waals surface area (Å²) < 4.78 is 0. The van der Waals surface area contributed by atoms with E-state index in [4.69, 9.17) is 0 Å². The summed E-state index contributed by atoms with van der Waals surface area (Å²) in [4.78, 5) is 36.4. The fourth-order valence-corrected chi connectivity index (χ4v) is 2.36. The number of amides is 2. The van der Waals surface area contributed by atoms with Gasteiger partial charge in [0.1, 0.15) is 0 Å². The third-order valence-corrected chi connectivity index (χ3v) is 3.50. The molecule has 5 nitrogen and oxygen atoms in total. The van der Waals surface area contributed by atoms with Gasteiger partial charge in [0.15, 0.2) is 0 Å². The monoisotopic (exact) mass is 275 g/mol. The Hall–Kier alpha value is -2.17. The second-order valence-corrected chi connectivity index (χ2v) is 4.91. The first kappa shape index (κ1) is 14.2. The lowest BCUT2D eigenvalue weighted by Gasteiger charge is -2.23. The standard InChI is InChI=1S/C15H17NO4/c17-13-8-4-5-9-14(18)16(13)10-12(15(19)20)11-6-2-1-3-7-11/h1-3,6-7,12H,4-5,8-10H2,(H,19,20). The van der Waals surface area contributed by atoms with Crippen molar-refractivity contribution in [1.29, 1.82) is 0 Å². The molecule has 0 bridgehead atoms. The van der Waals surface area contributed by atoms with E-state index in [1.807, 2.05) is 0 Å². The Morgan fingerprint density at radius 2 is 1.65 bits per heavy atom. The van der Waals surface area contributed by atoms with Crippen molar-refractivity contribution >= 4 is 17.8 Å². The van der Waals surface area contributed by atoms with Crippen LogP contribution in [-0.2, 0) is 14.4 Å². The maximum atomic E-state index is 11.9. The highest BCUT2D eigenvalue weighted by atomic mass is 16.4. The molecule has 106 valence electrons. The van der Waals surface area contributed by atoms with Crippen LogP contribution in [0.25, 0.3) is 0 Å². The van der Waals surface area contributed by atoms with Crippen molar-refractivity contribution in [3.63, 3.8) is 0 Å². The predicted molar refractivity (Wildman–Crippen MR) is 72.0 cm³/mol. The molecule has 1 aromatic carbocycles. The van der Waals surface area contributed by atoms with Crippen LogP contribution < -0.4 is 0 Å². The molecule has 1 aliphatic rings. The number of imide groups is 1. The lowest BCUT2D eigenvalue weighted by atomic mass is 9.98. The Morgan fingerprint density at radius 1 is 1.10 bits per heavy atom. The summed E-state index contributed by atoms with van der Waals surface area (Å²) in [6, 6.07) is 8.69. The van der Waals surface area contributed by atoms with Gasteiger partial charge in [0.05, 0.1) is 5.92 Å². The van der Waals surface area contributed by atoms with E-state index in [2.05, 4.69) is 0 Å². The molecule has 20 heavy (non-hydrogen) atoms. The SMILES string of the molecule is O=C(O)C(CN1C(=O)CCCCC1=O)c1ccccc1. The van der Waals surface area contributed by atoms with Gasteiger partial charge in [-0.2, -0.15) is 0 Å². The maximum absolute atomic E-state index is 11.9.